The average molecular weight is 429 g/mol. The van der Waals surface area contributed by atoms with Gasteiger partial charge in [0.2, 0.25) is 0 Å². The molecule has 0 saturated carbocycles. The average Bonchev–Trinajstić information content (AvgIpc) is 2.57. The Hall–Kier alpha value is -0.860. The Morgan fingerprint density at radius 2 is 1.91 bits per heavy atom. The summed E-state index contributed by atoms with van der Waals surface area (Å²) in [6.07, 6.45) is 0. The molecule has 0 aromatic heterocycles. The summed E-state index contributed by atoms with van der Waals surface area (Å²) in [5.41, 5.74) is 1.31. The second kappa shape index (κ2) is 8.84. The van der Waals surface area contributed by atoms with Crippen molar-refractivity contribution in [3.8, 4) is 0 Å². The van der Waals surface area contributed by atoms with Gasteiger partial charge < -0.3 is 10.2 Å². The van der Waals surface area contributed by atoms with E-state index in [1.807, 2.05) is 7.05 Å². The van der Waals surface area contributed by atoms with Gasteiger partial charge in [-0.25, -0.2) is 0 Å². The highest BCUT2D eigenvalue weighted by Crippen LogP contribution is 2.14. The molecule has 3 heterocycles. The molecule has 1 aromatic carbocycles. The summed E-state index contributed by atoms with van der Waals surface area (Å²) in [4.78, 5) is 11.8. The van der Waals surface area contributed by atoms with Crippen molar-refractivity contribution < 1.29 is 0 Å². The lowest BCUT2D eigenvalue weighted by atomic mass is 10.1. The number of guanidine groups is 1. The van der Waals surface area contributed by atoms with E-state index in [0.717, 1.165) is 19.0 Å². The number of aliphatic imine (C=N–C) groups is 1. The summed E-state index contributed by atoms with van der Waals surface area (Å²) in [6.45, 7) is 7.93. The summed E-state index contributed by atoms with van der Waals surface area (Å²) in [5.74, 6) is 0.974. The van der Waals surface area contributed by atoms with Crippen LogP contribution >= 0.6 is 24.0 Å². The Labute approximate surface area is 156 Å². The van der Waals surface area contributed by atoms with Crippen LogP contribution in [0.4, 0.5) is 0 Å². The van der Waals surface area contributed by atoms with Gasteiger partial charge in [0.15, 0.2) is 5.96 Å². The van der Waals surface area contributed by atoms with Crippen molar-refractivity contribution in [1.82, 2.24) is 20.0 Å². The quantitative estimate of drug-likeness (QED) is 0.445. The number of fused-ring (bicyclic) bond motifs is 3. The molecule has 23 heavy (non-hydrogen) atoms. The highest BCUT2D eigenvalue weighted by Gasteiger charge is 2.31. The van der Waals surface area contributed by atoms with E-state index in [4.69, 9.17) is 0 Å². The number of benzene rings is 1. The molecule has 1 atom stereocenters. The predicted octanol–water partition coefficient (Wildman–Crippen LogP) is 1.31. The van der Waals surface area contributed by atoms with E-state index in [1.54, 1.807) is 0 Å². The molecule has 0 amide bonds. The highest BCUT2D eigenvalue weighted by molar-refractivity contribution is 14.0. The van der Waals surface area contributed by atoms with Crippen molar-refractivity contribution in [2.24, 2.45) is 4.99 Å². The molecule has 3 fully saturated rings. The molecule has 4 rings (SSSR count). The number of piperazine rings is 3. The summed E-state index contributed by atoms with van der Waals surface area (Å²) in [6, 6.07) is 11.1. The first-order valence-corrected chi connectivity index (χ1v) is 8.18. The van der Waals surface area contributed by atoms with Gasteiger partial charge in [0, 0.05) is 66.0 Å². The first-order chi connectivity index (χ1) is 10.8. The fourth-order valence-corrected chi connectivity index (χ4v) is 3.44. The van der Waals surface area contributed by atoms with Gasteiger partial charge in [0.05, 0.1) is 0 Å². The Balaban J connectivity index is 0.00000192. The molecule has 3 aliphatic rings. The van der Waals surface area contributed by atoms with Crippen LogP contribution in [0, 0.1) is 0 Å². The fourth-order valence-electron chi connectivity index (χ4n) is 3.44. The molecule has 0 aliphatic carbocycles. The second-order valence-electron chi connectivity index (χ2n) is 6.26. The highest BCUT2D eigenvalue weighted by atomic mass is 127. The minimum absolute atomic E-state index is 0. The first-order valence-electron chi connectivity index (χ1n) is 8.18. The van der Waals surface area contributed by atoms with Gasteiger partial charge in [-0.2, -0.15) is 0 Å². The maximum atomic E-state index is 4.43. The van der Waals surface area contributed by atoms with Crippen molar-refractivity contribution in [2.45, 2.75) is 12.6 Å². The Morgan fingerprint density at radius 3 is 2.48 bits per heavy atom. The minimum atomic E-state index is 0. The topological polar surface area (TPSA) is 34.1 Å². The summed E-state index contributed by atoms with van der Waals surface area (Å²) in [7, 11) is 3.96. The van der Waals surface area contributed by atoms with Crippen molar-refractivity contribution in [3.63, 3.8) is 0 Å². The van der Waals surface area contributed by atoms with Crippen LogP contribution < -0.4 is 5.32 Å². The van der Waals surface area contributed by atoms with Crippen molar-refractivity contribution in [3.05, 3.63) is 35.9 Å². The molecule has 3 saturated heterocycles. The fraction of sp³-hybridized carbons (Fsp3) is 0.588. The van der Waals surface area contributed by atoms with E-state index in [1.165, 1.54) is 38.3 Å². The van der Waals surface area contributed by atoms with E-state index in [0.29, 0.717) is 6.04 Å². The van der Waals surface area contributed by atoms with Crippen LogP contribution in [-0.4, -0.2) is 80.1 Å². The van der Waals surface area contributed by atoms with Gasteiger partial charge in [-0.15, -0.1) is 24.0 Å². The molecule has 3 aliphatic heterocycles. The number of hydrogen-bond donors (Lipinski definition) is 1. The lowest BCUT2D eigenvalue weighted by Crippen LogP contribution is -2.63. The van der Waals surface area contributed by atoms with Gasteiger partial charge in [0.1, 0.15) is 0 Å². The molecule has 0 spiro atoms. The summed E-state index contributed by atoms with van der Waals surface area (Å²) < 4.78 is 0. The van der Waals surface area contributed by atoms with Crippen LogP contribution in [0.15, 0.2) is 35.3 Å². The summed E-state index contributed by atoms with van der Waals surface area (Å²) in [5, 5.41) is 3.55. The maximum absolute atomic E-state index is 4.43. The molecule has 1 aromatic rings. The first kappa shape index (κ1) is 18.5. The van der Waals surface area contributed by atoms with Gasteiger partial charge in [-0.3, -0.25) is 14.8 Å². The molecule has 1 unspecified atom stereocenters. The molecule has 128 valence electrons. The zero-order valence-electron chi connectivity index (χ0n) is 14.1. The van der Waals surface area contributed by atoms with E-state index in [-0.39, 0.29) is 24.0 Å². The normalized spacial score (nSPS) is 26.5. The van der Waals surface area contributed by atoms with Crippen LogP contribution in [0.3, 0.4) is 0 Å². The molecule has 5 nitrogen and oxygen atoms in total. The van der Waals surface area contributed by atoms with Crippen LogP contribution in [0.25, 0.3) is 0 Å². The minimum Gasteiger partial charge on any atom is -0.355 e. The Morgan fingerprint density at radius 1 is 1.22 bits per heavy atom. The van der Waals surface area contributed by atoms with E-state index < -0.39 is 0 Å². The van der Waals surface area contributed by atoms with Crippen LogP contribution in [0.1, 0.15) is 5.56 Å². The third kappa shape index (κ3) is 4.81. The molecule has 2 bridgehead atoms. The second-order valence-corrected chi connectivity index (χ2v) is 6.26. The molecule has 0 radical (unpaired) electrons. The van der Waals surface area contributed by atoms with Crippen molar-refractivity contribution in [1.29, 1.82) is 0 Å². The lowest BCUT2D eigenvalue weighted by Gasteiger charge is -2.47. The third-order valence-corrected chi connectivity index (χ3v) is 4.72. The van der Waals surface area contributed by atoms with Gasteiger partial charge in [0.25, 0.3) is 0 Å². The Bertz CT molecular complexity index is 499. The van der Waals surface area contributed by atoms with Gasteiger partial charge in [-0.05, 0) is 5.56 Å². The Kier molecular flexibility index (Phi) is 7.10. The number of hydrogen-bond acceptors (Lipinski definition) is 3. The SMILES string of the molecule is CN=C(NCC1CN2CCN1CC2)N(C)Cc1ccccc1.I. The maximum Gasteiger partial charge on any atom is 0.193 e. The van der Waals surface area contributed by atoms with E-state index in [9.17, 15) is 0 Å². The molecular formula is C17H28IN5. The standard InChI is InChI=1S/C17H27N5.HI/c1-18-17(20(2)13-15-6-4-3-5-7-15)19-12-16-14-21-8-10-22(16)11-9-21;/h3-7,16H,8-14H2,1-2H3,(H,18,19);1H. The summed E-state index contributed by atoms with van der Waals surface area (Å²) >= 11 is 0. The molecular weight excluding hydrogens is 401 g/mol. The number of nitrogens with zero attached hydrogens (tertiary/aromatic N) is 4. The smallest absolute Gasteiger partial charge is 0.193 e. The third-order valence-electron chi connectivity index (χ3n) is 4.72. The molecule has 6 heteroatoms. The largest absolute Gasteiger partial charge is 0.355 e. The monoisotopic (exact) mass is 429 g/mol. The van der Waals surface area contributed by atoms with E-state index in [2.05, 4.69) is 62.4 Å². The van der Waals surface area contributed by atoms with Crippen molar-refractivity contribution in [2.75, 3.05) is 53.4 Å². The van der Waals surface area contributed by atoms with Gasteiger partial charge in [-0.1, -0.05) is 30.3 Å². The number of rotatable bonds is 4. The van der Waals surface area contributed by atoms with Crippen LogP contribution in [0.2, 0.25) is 0 Å². The zero-order chi connectivity index (χ0) is 15.4. The molecule has 1 N–H and O–H groups in total. The predicted molar refractivity (Wildman–Crippen MR) is 106 cm³/mol. The van der Waals surface area contributed by atoms with E-state index >= 15 is 0 Å². The zero-order valence-corrected chi connectivity index (χ0v) is 16.4. The van der Waals surface area contributed by atoms with Crippen LogP contribution in [-0.2, 0) is 6.54 Å². The lowest BCUT2D eigenvalue weighted by molar-refractivity contribution is 0.0152. The number of halogens is 1. The van der Waals surface area contributed by atoms with Crippen LogP contribution in [0.5, 0.6) is 0 Å². The van der Waals surface area contributed by atoms with Gasteiger partial charge >= 0.3 is 0 Å². The van der Waals surface area contributed by atoms with Crippen molar-refractivity contribution >= 4 is 29.9 Å². The number of nitrogens with one attached hydrogen (secondary N) is 1.